The second-order valence-electron chi connectivity index (χ2n) is 7.54. The summed E-state index contributed by atoms with van der Waals surface area (Å²) in [4.78, 5) is 32.8. The minimum Gasteiger partial charge on any atom is -0.463 e. The molecule has 29 heavy (non-hydrogen) atoms. The molecule has 0 aromatic heterocycles. The molecule has 0 spiro atoms. The summed E-state index contributed by atoms with van der Waals surface area (Å²) in [6.07, 6.45) is 16.5. The van der Waals surface area contributed by atoms with E-state index in [9.17, 15) is 9.36 Å². The van der Waals surface area contributed by atoms with E-state index in [1.807, 2.05) is 0 Å². The highest BCUT2D eigenvalue weighted by atomic mass is 31.2. The van der Waals surface area contributed by atoms with Crippen molar-refractivity contribution in [2.75, 3.05) is 13.2 Å². The van der Waals surface area contributed by atoms with Crippen LogP contribution in [0.15, 0.2) is 0 Å². The first-order valence-corrected chi connectivity index (χ1v) is 12.6. The van der Waals surface area contributed by atoms with Crippen LogP contribution in [-0.4, -0.2) is 40.3 Å². The van der Waals surface area contributed by atoms with E-state index in [2.05, 4.69) is 16.3 Å². The Morgan fingerprint density at radius 3 is 1.66 bits per heavy atom. The number of rotatable bonds is 21. The van der Waals surface area contributed by atoms with E-state index in [1.165, 1.54) is 70.6 Å². The van der Waals surface area contributed by atoms with Gasteiger partial charge in [0.15, 0.2) is 6.10 Å². The van der Waals surface area contributed by atoms with Gasteiger partial charge in [-0.15, -0.1) is 0 Å². The van der Waals surface area contributed by atoms with Crippen molar-refractivity contribution in [1.29, 1.82) is 0 Å². The summed E-state index contributed by atoms with van der Waals surface area (Å²) in [5.41, 5.74) is 0. The highest BCUT2D eigenvalue weighted by Gasteiger charge is 2.20. The molecule has 0 aliphatic rings. The maximum atomic E-state index is 11.6. The van der Waals surface area contributed by atoms with Crippen LogP contribution in [0.5, 0.6) is 0 Å². The van der Waals surface area contributed by atoms with Crippen molar-refractivity contribution in [2.45, 2.75) is 109 Å². The summed E-state index contributed by atoms with van der Waals surface area (Å²) in [7, 11) is -4.66. The van der Waals surface area contributed by atoms with Gasteiger partial charge in [-0.3, -0.25) is 14.6 Å². The van der Waals surface area contributed by atoms with Crippen molar-refractivity contribution >= 4 is 13.8 Å². The van der Waals surface area contributed by atoms with Crippen LogP contribution < -0.4 is 0 Å². The molecule has 0 bridgehead atoms. The molecule has 8 nitrogen and oxygen atoms in total. The van der Waals surface area contributed by atoms with Gasteiger partial charge in [-0.25, -0.2) is 9.45 Å². The average molecular weight is 441 g/mol. The molecule has 0 aliphatic heterocycles. The summed E-state index contributed by atoms with van der Waals surface area (Å²) in [6.45, 7) is 1.34. The Bertz CT molecular complexity index is 427. The van der Waals surface area contributed by atoms with E-state index in [4.69, 9.17) is 19.8 Å². The van der Waals surface area contributed by atoms with Gasteiger partial charge < -0.3 is 14.5 Å². The smallest absolute Gasteiger partial charge is 0.463 e. The van der Waals surface area contributed by atoms with Gasteiger partial charge in [0.1, 0.15) is 6.61 Å². The zero-order valence-electron chi connectivity index (χ0n) is 17.9. The summed E-state index contributed by atoms with van der Waals surface area (Å²) in [5.74, 6) is -0.429. The Morgan fingerprint density at radius 1 is 0.793 bits per heavy atom. The van der Waals surface area contributed by atoms with Crippen LogP contribution in [0, 0.1) is 0 Å². The Balaban J connectivity index is 3.41. The maximum absolute atomic E-state index is 11.6. The van der Waals surface area contributed by atoms with Crippen LogP contribution in [0.4, 0.5) is 0 Å². The zero-order chi connectivity index (χ0) is 21.8. The van der Waals surface area contributed by atoms with Gasteiger partial charge in [-0.2, -0.15) is 0 Å². The normalized spacial score (nSPS) is 12.8. The number of carbonyl (C=O) groups excluding carboxylic acids is 1. The lowest BCUT2D eigenvalue weighted by Crippen LogP contribution is -2.25. The van der Waals surface area contributed by atoms with Crippen molar-refractivity contribution in [3.05, 3.63) is 0 Å². The molecule has 0 saturated carbocycles. The van der Waals surface area contributed by atoms with Crippen molar-refractivity contribution < 1.29 is 38.6 Å². The van der Waals surface area contributed by atoms with E-state index in [0.717, 1.165) is 19.3 Å². The molecule has 0 aromatic rings. The highest BCUT2D eigenvalue weighted by molar-refractivity contribution is 7.46. The molecule has 0 fully saturated rings. The van der Waals surface area contributed by atoms with Crippen LogP contribution in [0.25, 0.3) is 0 Å². The summed E-state index contributed by atoms with van der Waals surface area (Å²) in [5, 5.41) is 8.62. The number of unbranched alkanes of at least 4 members (excludes halogenated alkanes) is 13. The predicted octanol–water partition coefficient (Wildman–Crippen LogP) is 5.37. The fourth-order valence-corrected chi connectivity index (χ4v) is 3.37. The molecule has 0 amide bonds. The average Bonchev–Trinajstić information content (AvgIpc) is 2.67. The Kier molecular flexibility index (Phi) is 19.1. The van der Waals surface area contributed by atoms with Gasteiger partial charge in [-0.1, -0.05) is 90.4 Å². The molecule has 174 valence electrons. The summed E-state index contributed by atoms with van der Waals surface area (Å²) in [6, 6.07) is 0. The van der Waals surface area contributed by atoms with Gasteiger partial charge in [0.2, 0.25) is 0 Å². The van der Waals surface area contributed by atoms with Crippen LogP contribution in [-0.2, 0) is 23.5 Å². The fourth-order valence-electron chi connectivity index (χ4n) is 3.01. The minimum atomic E-state index is -4.66. The SMILES string of the molecule is CCCCCCCCCCCCCCCCC(=O)OC[C@H](COP(=O)(O)O)OO. The Morgan fingerprint density at radius 2 is 1.24 bits per heavy atom. The van der Waals surface area contributed by atoms with Crippen LogP contribution >= 0.6 is 7.82 Å². The molecule has 0 unspecified atom stereocenters. The van der Waals surface area contributed by atoms with Crippen LogP contribution in [0.2, 0.25) is 0 Å². The molecule has 0 saturated heterocycles. The number of esters is 1. The van der Waals surface area contributed by atoms with E-state index >= 15 is 0 Å². The van der Waals surface area contributed by atoms with E-state index < -0.39 is 26.5 Å². The second-order valence-corrected chi connectivity index (χ2v) is 8.78. The predicted molar refractivity (Wildman–Crippen MR) is 111 cm³/mol. The fraction of sp³-hybridized carbons (Fsp3) is 0.950. The molecule has 1 atom stereocenters. The molecular weight excluding hydrogens is 399 g/mol. The first kappa shape index (κ1) is 28.5. The largest absolute Gasteiger partial charge is 0.469 e. The number of phosphoric ester groups is 1. The molecule has 3 N–H and O–H groups in total. The Labute approximate surface area is 175 Å². The standard InChI is InChI=1S/C20H41O8P/c1-2-3-4-5-6-7-8-9-10-11-12-13-14-15-16-20(21)26-17-19(28-22)18-27-29(23,24)25/h19,22H,2-18H2,1H3,(H2,23,24,25)/t19-/m1/s1. The van der Waals surface area contributed by atoms with Crippen molar-refractivity contribution in [1.82, 2.24) is 0 Å². The monoisotopic (exact) mass is 440 g/mol. The third-order valence-electron chi connectivity index (χ3n) is 4.74. The molecule has 0 aliphatic carbocycles. The molecule has 0 aromatic carbocycles. The molecule has 0 rings (SSSR count). The van der Waals surface area contributed by atoms with Gasteiger partial charge in [0, 0.05) is 6.42 Å². The van der Waals surface area contributed by atoms with E-state index in [-0.39, 0.29) is 13.0 Å². The maximum Gasteiger partial charge on any atom is 0.469 e. The number of carbonyl (C=O) groups is 1. The lowest BCUT2D eigenvalue weighted by atomic mass is 10.0. The van der Waals surface area contributed by atoms with E-state index in [0.29, 0.717) is 0 Å². The van der Waals surface area contributed by atoms with Crippen molar-refractivity contribution in [3.63, 3.8) is 0 Å². The van der Waals surface area contributed by atoms with Crippen LogP contribution in [0.1, 0.15) is 103 Å². The topological polar surface area (TPSA) is 123 Å². The number of hydrogen-bond donors (Lipinski definition) is 3. The van der Waals surface area contributed by atoms with E-state index in [1.54, 1.807) is 0 Å². The third-order valence-corrected chi connectivity index (χ3v) is 5.23. The third kappa shape index (κ3) is 22.0. The Hall–Kier alpha value is -0.500. The van der Waals surface area contributed by atoms with Crippen molar-refractivity contribution in [3.8, 4) is 0 Å². The summed E-state index contributed by atoms with van der Waals surface area (Å²) < 4.78 is 19.7. The lowest BCUT2D eigenvalue weighted by Gasteiger charge is -2.14. The van der Waals surface area contributed by atoms with Gasteiger partial charge in [0.05, 0.1) is 6.61 Å². The lowest BCUT2D eigenvalue weighted by molar-refractivity contribution is -0.290. The molecule has 0 radical (unpaired) electrons. The first-order chi connectivity index (χ1) is 13.9. The van der Waals surface area contributed by atoms with Crippen molar-refractivity contribution in [2.24, 2.45) is 0 Å². The molecule has 9 heteroatoms. The van der Waals surface area contributed by atoms with Crippen LogP contribution in [0.3, 0.4) is 0 Å². The van der Waals surface area contributed by atoms with Gasteiger partial charge in [0.25, 0.3) is 0 Å². The molecular formula is C20H41O8P. The second kappa shape index (κ2) is 19.5. The number of ether oxygens (including phenoxy) is 1. The van der Waals surface area contributed by atoms with Gasteiger partial charge in [-0.05, 0) is 6.42 Å². The molecule has 0 heterocycles. The minimum absolute atomic E-state index is 0.273. The zero-order valence-corrected chi connectivity index (χ0v) is 18.8. The quantitative estimate of drug-likeness (QED) is 0.0716. The summed E-state index contributed by atoms with van der Waals surface area (Å²) >= 11 is 0. The first-order valence-electron chi connectivity index (χ1n) is 11.0. The van der Waals surface area contributed by atoms with Gasteiger partial charge >= 0.3 is 13.8 Å². The highest BCUT2D eigenvalue weighted by Crippen LogP contribution is 2.35. The number of phosphoric acid groups is 1. The number of hydrogen-bond acceptors (Lipinski definition) is 6.